The lowest BCUT2D eigenvalue weighted by molar-refractivity contribution is -0.192. The lowest BCUT2D eigenvalue weighted by Gasteiger charge is -2.30. The predicted molar refractivity (Wildman–Crippen MR) is 132 cm³/mol. The number of aromatic nitrogens is 1. The fourth-order valence-electron chi connectivity index (χ4n) is 5.37. The van der Waals surface area contributed by atoms with Crippen LogP contribution in [0.1, 0.15) is 68.4 Å². The fraction of sp³-hybridized carbons (Fsp3) is 0.577. The normalized spacial score (nSPS) is 20.2. The van der Waals surface area contributed by atoms with Gasteiger partial charge in [-0.2, -0.15) is 13.2 Å². The number of nitrogens with one attached hydrogen (secondary N) is 3. The Kier molecular flexibility index (Phi) is 9.58. The average molecular weight is 526 g/mol. The molecule has 1 aromatic carbocycles. The first-order valence-electron chi connectivity index (χ1n) is 12.7. The van der Waals surface area contributed by atoms with E-state index in [0.717, 1.165) is 35.1 Å². The molecular formula is C26H34F3N3O5. The highest BCUT2D eigenvalue weighted by Gasteiger charge is 2.39. The first kappa shape index (κ1) is 28.5. The molecule has 1 saturated carbocycles. The number of carbonyl (C=O) groups excluding carboxylic acids is 2. The third-order valence-electron chi connectivity index (χ3n) is 7.06. The van der Waals surface area contributed by atoms with Crippen LogP contribution in [0.4, 0.5) is 18.9 Å². The van der Waals surface area contributed by atoms with Crippen LogP contribution in [0.5, 0.6) is 0 Å². The smallest absolute Gasteiger partial charge is 0.475 e. The van der Waals surface area contributed by atoms with E-state index >= 15 is 0 Å². The zero-order valence-corrected chi connectivity index (χ0v) is 21.0. The summed E-state index contributed by atoms with van der Waals surface area (Å²) in [7, 11) is 0. The Bertz CT molecular complexity index is 1110. The van der Waals surface area contributed by atoms with Crippen LogP contribution >= 0.6 is 0 Å². The first-order chi connectivity index (χ1) is 17.6. The molecular weight excluding hydrogens is 491 g/mol. The van der Waals surface area contributed by atoms with Crippen molar-refractivity contribution >= 4 is 34.4 Å². The van der Waals surface area contributed by atoms with Crippen LogP contribution in [0.15, 0.2) is 18.2 Å². The number of hydrogen-bond acceptors (Lipinski definition) is 5. The van der Waals surface area contributed by atoms with Crippen molar-refractivity contribution in [3.63, 3.8) is 0 Å². The Balaban J connectivity index is 0.000000479. The van der Waals surface area contributed by atoms with Gasteiger partial charge in [-0.15, -0.1) is 0 Å². The van der Waals surface area contributed by atoms with Crippen molar-refractivity contribution in [1.82, 2.24) is 10.3 Å². The summed E-state index contributed by atoms with van der Waals surface area (Å²) in [6.45, 7) is 5.08. The predicted octanol–water partition coefficient (Wildman–Crippen LogP) is 5.04. The molecule has 2 aliphatic rings. The van der Waals surface area contributed by atoms with Crippen molar-refractivity contribution in [3.05, 3.63) is 29.5 Å². The molecule has 4 rings (SSSR count). The van der Waals surface area contributed by atoms with E-state index in [1.165, 1.54) is 32.1 Å². The summed E-state index contributed by atoms with van der Waals surface area (Å²) in [6, 6.07) is 5.68. The number of anilines is 1. The molecule has 1 aliphatic carbocycles. The number of carbonyl (C=O) groups is 3. The van der Waals surface area contributed by atoms with Gasteiger partial charge in [-0.3, -0.25) is 4.79 Å². The van der Waals surface area contributed by atoms with Gasteiger partial charge in [0, 0.05) is 16.6 Å². The number of halogens is 3. The fourth-order valence-corrected chi connectivity index (χ4v) is 5.37. The molecule has 1 saturated heterocycles. The Morgan fingerprint density at radius 1 is 1.11 bits per heavy atom. The second-order valence-electron chi connectivity index (χ2n) is 9.39. The number of aliphatic carboxylic acids is 1. The number of hydrogen-bond donors (Lipinski definition) is 4. The molecule has 37 heavy (non-hydrogen) atoms. The zero-order chi connectivity index (χ0) is 27.2. The summed E-state index contributed by atoms with van der Waals surface area (Å²) < 4.78 is 36.9. The topological polar surface area (TPSA) is 121 Å². The third kappa shape index (κ3) is 7.03. The standard InChI is InChI=1S/C24H33N3O3.C2HF3O2/c1-3-17-19-14-16(10-11-20(19)27-22(17)24(29)30-4-2)26-23(28)21-18(12-13-25-21)15-8-6-5-7-9-15;3-2(4,5)1(6)7/h10-11,14-15,18,21,25,27H,3-9,12-13H2,1-2H3,(H,26,28);(H,6,7)/t18-,21-;/m0./s1. The Morgan fingerprint density at radius 3 is 2.38 bits per heavy atom. The number of fused-ring (bicyclic) bond motifs is 1. The van der Waals surface area contributed by atoms with Crippen molar-refractivity contribution in [1.29, 1.82) is 0 Å². The minimum absolute atomic E-state index is 0.0571. The monoisotopic (exact) mass is 525 g/mol. The number of ether oxygens (including phenoxy) is 1. The summed E-state index contributed by atoms with van der Waals surface area (Å²) in [6.07, 6.45) is 3.13. The first-order valence-corrected chi connectivity index (χ1v) is 12.7. The highest BCUT2D eigenvalue weighted by Crippen LogP contribution is 2.36. The van der Waals surface area contributed by atoms with Gasteiger partial charge in [0.05, 0.1) is 12.6 Å². The van der Waals surface area contributed by atoms with Gasteiger partial charge in [0.2, 0.25) is 5.91 Å². The van der Waals surface area contributed by atoms with Crippen molar-refractivity contribution in [2.45, 2.75) is 71.0 Å². The van der Waals surface area contributed by atoms with Gasteiger partial charge < -0.3 is 25.5 Å². The molecule has 204 valence electrons. The van der Waals surface area contributed by atoms with Crippen molar-refractivity contribution < 1.29 is 37.4 Å². The summed E-state index contributed by atoms with van der Waals surface area (Å²) in [5.41, 5.74) is 3.09. The van der Waals surface area contributed by atoms with Crippen LogP contribution in [-0.2, 0) is 20.7 Å². The van der Waals surface area contributed by atoms with E-state index in [-0.39, 0.29) is 17.9 Å². The van der Waals surface area contributed by atoms with Crippen LogP contribution in [0.25, 0.3) is 10.9 Å². The molecule has 2 heterocycles. The maximum atomic E-state index is 13.1. The molecule has 4 N–H and O–H groups in total. The van der Waals surface area contributed by atoms with Crippen LogP contribution in [-0.4, -0.2) is 53.3 Å². The van der Waals surface area contributed by atoms with E-state index in [0.29, 0.717) is 30.6 Å². The summed E-state index contributed by atoms with van der Waals surface area (Å²) >= 11 is 0. The summed E-state index contributed by atoms with van der Waals surface area (Å²) in [4.78, 5) is 37.5. The molecule has 0 unspecified atom stereocenters. The Morgan fingerprint density at radius 2 is 1.78 bits per heavy atom. The van der Waals surface area contributed by atoms with Gasteiger partial charge in [0.1, 0.15) is 5.69 Å². The van der Waals surface area contributed by atoms with Crippen molar-refractivity contribution in [3.8, 4) is 0 Å². The number of aryl methyl sites for hydroxylation is 1. The number of esters is 1. The number of aromatic amines is 1. The van der Waals surface area contributed by atoms with Gasteiger partial charge in [0.25, 0.3) is 0 Å². The van der Waals surface area contributed by atoms with Crippen LogP contribution in [0.3, 0.4) is 0 Å². The lowest BCUT2D eigenvalue weighted by atomic mass is 9.76. The van der Waals surface area contributed by atoms with Crippen LogP contribution in [0.2, 0.25) is 0 Å². The van der Waals surface area contributed by atoms with Crippen molar-refractivity contribution in [2.75, 3.05) is 18.5 Å². The minimum Gasteiger partial charge on any atom is -0.475 e. The van der Waals surface area contributed by atoms with Crippen molar-refractivity contribution in [2.24, 2.45) is 11.8 Å². The average Bonchev–Trinajstić information content (AvgIpc) is 3.49. The van der Waals surface area contributed by atoms with Crippen LogP contribution in [0, 0.1) is 11.8 Å². The number of rotatable bonds is 6. The quantitative estimate of drug-likeness (QED) is 0.393. The number of carboxylic acids is 1. The number of alkyl halides is 3. The molecule has 1 amide bonds. The molecule has 8 nitrogen and oxygen atoms in total. The second-order valence-corrected chi connectivity index (χ2v) is 9.39. The summed E-state index contributed by atoms with van der Waals surface area (Å²) in [5, 5.41) is 14.7. The lowest BCUT2D eigenvalue weighted by Crippen LogP contribution is -2.42. The van der Waals surface area contributed by atoms with Gasteiger partial charge in [-0.25, -0.2) is 9.59 Å². The molecule has 2 fully saturated rings. The molecule has 1 aromatic heterocycles. The van der Waals surface area contributed by atoms with Gasteiger partial charge in [0.15, 0.2) is 0 Å². The Labute approximate surface area is 213 Å². The Hall–Kier alpha value is -3.08. The van der Waals surface area contributed by atoms with Crippen LogP contribution < -0.4 is 10.6 Å². The third-order valence-corrected chi connectivity index (χ3v) is 7.06. The maximum absolute atomic E-state index is 13.1. The van der Waals surface area contributed by atoms with E-state index < -0.39 is 12.1 Å². The largest absolute Gasteiger partial charge is 0.490 e. The van der Waals surface area contributed by atoms with Gasteiger partial charge in [-0.05, 0) is 61.9 Å². The van der Waals surface area contributed by atoms with E-state index in [1.54, 1.807) is 6.92 Å². The molecule has 2 aromatic rings. The molecule has 0 radical (unpaired) electrons. The van der Waals surface area contributed by atoms with E-state index in [9.17, 15) is 22.8 Å². The maximum Gasteiger partial charge on any atom is 0.490 e. The molecule has 2 atom stereocenters. The second kappa shape index (κ2) is 12.4. The number of H-pyrrole nitrogens is 1. The molecule has 0 bridgehead atoms. The molecule has 0 spiro atoms. The highest BCUT2D eigenvalue weighted by atomic mass is 19.4. The minimum atomic E-state index is -5.08. The molecule has 11 heteroatoms. The van der Waals surface area contributed by atoms with E-state index in [2.05, 4.69) is 15.6 Å². The SMILES string of the molecule is CCOC(=O)c1[nH]c2ccc(NC(=O)[C@H]3NCC[C@H]3C3CCCCC3)cc2c1CC.O=C(O)C(F)(F)F. The number of carboxylic acid groups (broad SMARTS) is 1. The molecule has 1 aliphatic heterocycles. The van der Waals surface area contributed by atoms with Gasteiger partial charge >= 0.3 is 18.1 Å². The number of benzene rings is 1. The highest BCUT2D eigenvalue weighted by molar-refractivity contribution is 6.01. The zero-order valence-electron chi connectivity index (χ0n) is 21.0. The van der Waals surface area contributed by atoms with E-state index in [4.69, 9.17) is 14.6 Å². The summed E-state index contributed by atoms with van der Waals surface area (Å²) in [5.74, 6) is -1.94. The number of amides is 1. The van der Waals surface area contributed by atoms with E-state index in [1.807, 2.05) is 25.1 Å². The van der Waals surface area contributed by atoms with Gasteiger partial charge in [-0.1, -0.05) is 39.0 Å².